The number of fused-ring (bicyclic) bond motifs is 2. The van der Waals surface area contributed by atoms with Crippen LogP contribution in [-0.2, 0) is 0 Å². The van der Waals surface area contributed by atoms with Crippen LogP contribution in [-0.4, -0.2) is 26.8 Å². The second kappa shape index (κ2) is 10.9. The van der Waals surface area contributed by atoms with E-state index in [0.717, 1.165) is 35.6 Å². The zero-order chi connectivity index (χ0) is 25.8. The predicted molar refractivity (Wildman–Crippen MR) is 150 cm³/mol. The molecule has 5 rings (SSSR count). The minimum atomic E-state index is -0.0811. The molecule has 2 N–H and O–H groups in total. The van der Waals surface area contributed by atoms with Gasteiger partial charge in [0.05, 0.1) is 12.3 Å². The monoisotopic (exact) mass is 492 g/mol. The Bertz CT molecular complexity index is 1530. The number of phenols is 2. The third-order valence-corrected chi connectivity index (χ3v) is 6.96. The van der Waals surface area contributed by atoms with Crippen LogP contribution in [0.5, 0.6) is 17.4 Å². The van der Waals surface area contributed by atoms with Crippen molar-refractivity contribution in [1.82, 2.24) is 9.97 Å². The maximum atomic E-state index is 10.5. The van der Waals surface area contributed by atoms with Crippen molar-refractivity contribution in [2.45, 2.75) is 39.5 Å². The summed E-state index contributed by atoms with van der Waals surface area (Å²) in [6, 6.07) is 25.4. The molecular formula is C32H32N2O3. The van der Waals surface area contributed by atoms with Crippen LogP contribution in [0.2, 0.25) is 0 Å². The summed E-state index contributed by atoms with van der Waals surface area (Å²) >= 11 is 0. The molecule has 1 unspecified atom stereocenters. The van der Waals surface area contributed by atoms with Gasteiger partial charge >= 0.3 is 0 Å². The predicted octanol–water partition coefficient (Wildman–Crippen LogP) is 8.12. The molecule has 0 aliphatic rings. The summed E-state index contributed by atoms with van der Waals surface area (Å²) in [5.41, 5.74) is 1.77. The number of aromatic hydroxyl groups is 2. The van der Waals surface area contributed by atoms with Crippen molar-refractivity contribution in [3.63, 3.8) is 0 Å². The molecule has 0 aliphatic carbocycles. The third-order valence-electron chi connectivity index (χ3n) is 6.96. The van der Waals surface area contributed by atoms with E-state index in [-0.39, 0.29) is 22.9 Å². The molecular weight excluding hydrogens is 460 g/mol. The first-order chi connectivity index (χ1) is 18.1. The fraction of sp³-hybridized carbons (Fsp3) is 0.250. The zero-order valence-corrected chi connectivity index (χ0v) is 21.3. The minimum Gasteiger partial charge on any atom is -0.507 e. The van der Waals surface area contributed by atoms with E-state index in [0.29, 0.717) is 24.1 Å². The summed E-state index contributed by atoms with van der Waals surface area (Å²) < 4.78 is 6.19. The van der Waals surface area contributed by atoms with E-state index in [1.165, 1.54) is 29.3 Å². The SMILES string of the molecule is CCCCC(CC)COc1cc(-c2ccc3cc4ccccc4cc3c2)nc(-c2c(O)cccc2O)n1. The highest BCUT2D eigenvalue weighted by Gasteiger charge is 2.17. The number of nitrogens with zero attached hydrogens (tertiary/aromatic N) is 2. The molecule has 188 valence electrons. The first-order valence-electron chi connectivity index (χ1n) is 13.0. The van der Waals surface area contributed by atoms with Gasteiger partial charge < -0.3 is 14.9 Å². The Kier molecular flexibility index (Phi) is 7.22. The molecule has 0 bridgehead atoms. The van der Waals surface area contributed by atoms with Crippen LogP contribution in [0.4, 0.5) is 0 Å². The lowest BCUT2D eigenvalue weighted by molar-refractivity contribution is 0.226. The Balaban J connectivity index is 1.58. The third kappa shape index (κ3) is 5.36. The second-order valence-electron chi connectivity index (χ2n) is 9.58. The number of aromatic nitrogens is 2. The van der Waals surface area contributed by atoms with Gasteiger partial charge in [0, 0.05) is 11.6 Å². The van der Waals surface area contributed by atoms with E-state index in [9.17, 15) is 10.2 Å². The van der Waals surface area contributed by atoms with Crippen molar-refractivity contribution in [3.05, 3.63) is 78.9 Å². The maximum Gasteiger partial charge on any atom is 0.217 e. The Morgan fingerprint density at radius 2 is 1.46 bits per heavy atom. The lowest BCUT2D eigenvalue weighted by Gasteiger charge is -2.16. The van der Waals surface area contributed by atoms with Gasteiger partial charge in [0.1, 0.15) is 17.1 Å². The molecule has 0 radical (unpaired) electrons. The molecule has 0 amide bonds. The quantitative estimate of drug-likeness (QED) is 0.203. The van der Waals surface area contributed by atoms with Gasteiger partial charge in [0.15, 0.2) is 5.82 Å². The number of hydrogen-bond donors (Lipinski definition) is 2. The molecule has 0 aliphatic heterocycles. The molecule has 5 aromatic rings. The van der Waals surface area contributed by atoms with Gasteiger partial charge in [-0.15, -0.1) is 0 Å². The molecule has 1 atom stereocenters. The van der Waals surface area contributed by atoms with E-state index >= 15 is 0 Å². The highest BCUT2D eigenvalue weighted by Crippen LogP contribution is 2.37. The van der Waals surface area contributed by atoms with Gasteiger partial charge in [-0.2, -0.15) is 4.98 Å². The van der Waals surface area contributed by atoms with Crippen molar-refractivity contribution < 1.29 is 14.9 Å². The number of hydrogen-bond acceptors (Lipinski definition) is 5. The molecule has 1 aromatic heterocycles. The molecule has 0 spiro atoms. The van der Waals surface area contributed by atoms with Gasteiger partial charge in [-0.05, 0) is 64.2 Å². The molecule has 5 nitrogen and oxygen atoms in total. The van der Waals surface area contributed by atoms with E-state index in [1.54, 1.807) is 6.07 Å². The van der Waals surface area contributed by atoms with Crippen LogP contribution in [0.25, 0.3) is 44.2 Å². The molecule has 37 heavy (non-hydrogen) atoms. The standard InChI is InChI=1S/C32H32N2O3/c1-3-5-9-21(4-2)20-37-30-19-27(33-32(34-30)31-28(35)12-8-13-29(31)36)25-15-14-24-16-22-10-6-7-11-23(22)17-26(24)18-25/h6-8,10-19,21,35-36H,3-5,9,20H2,1-2H3. The van der Waals surface area contributed by atoms with E-state index < -0.39 is 0 Å². The summed E-state index contributed by atoms with van der Waals surface area (Å²) in [5, 5.41) is 25.7. The van der Waals surface area contributed by atoms with Gasteiger partial charge in [-0.25, -0.2) is 4.98 Å². The van der Waals surface area contributed by atoms with Crippen LogP contribution >= 0.6 is 0 Å². The molecule has 4 aromatic carbocycles. The van der Waals surface area contributed by atoms with Crippen molar-refractivity contribution in [1.29, 1.82) is 0 Å². The van der Waals surface area contributed by atoms with E-state index in [4.69, 9.17) is 9.72 Å². The van der Waals surface area contributed by atoms with Gasteiger partial charge in [0.25, 0.3) is 0 Å². The summed E-state index contributed by atoms with van der Waals surface area (Å²) in [6.45, 7) is 4.93. The lowest BCUT2D eigenvalue weighted by atomic mass is 10.0. The highest BCUT2D eigenvalue weighted by atomic mass is 16.5. The van der Waals surface area contributed by atoms with Crippen molar-refractivity contribution >= 4 is 21.5 Å². The Morgan fingerprint density at radius 3 is 2.16 bits per heavy atom. The molecule has 1 heterocycles. The average Bonchev–Trinajstić information content (AvgIpc) is 2.91. The highest BCUT2D eigenvalue weighted by molar-refractivity contribution is 5.99. The largest absolute Gasteiger partial charge is 0.507 e. The summed E-state index contributed by atoms with van der Waals surface area (Å²) in [4.78, 5) is 9.34. The number of benzene rings is 4. The van der Waals surface area contributed by atoms with E-state index in [2.05, 4.69) is 55.2 Å². The topological polar surface area (TPSA) is 75.5 Å². The van der Waals surface area contributed by atoms with Gasteiger partial charge in [-0.1, -0.05) is 75.6 Å². The molecule has 5 heteroatoms. The van der Waals surface area contributed by atoms with E-state index in [1.807, 2.05) is 24.3 Å². The number of ether oxygens (including phenoxy) is 1. The zero-order valence-electron chi connectivity index (χ0n) is 21.3. The van der Waals surface area contributed by atoms with Crippen molar-refractivity contribution in [3.8, 4) is 40.0 Å². The maximum absolute atomic E-state index is 10.5. The van der Waals surface area contributed by atoms with Gasteiger partial charge in [-0.3, -0.25) is 0 Å². The van der Waals surface area contributed by atoms with Crippen molar-refractivity contribution in [2.24, 2.45) is 5.92 Å². The lowest BCUT2D eigenvalue weighted by Crippen LogP contribution is -2.12. The molecule has 0 saturated heterocycles. The first-order valence-corrected chi connectivity index (χ1v) is 13.0. The second-order valence-corrected chi connectivity index (χ2v) is 9.58. The Morgan fingerprint density at radius 1 is 0.757 bits per heavy atom. The smallest absolute Gasteiger partial charge is 0.217 e. The van der Waals surface area contributed by atoms with Gasteiger partial charge in [0.2, 0.25) is 5.88 Å². The van der Waals surface area contributed by atoms with Crippen LogP contribution in [0.15, 0.2) is 78.9 Å². The van der Waals surface area contributed by atoms with Crippen LogP contribution in [0.3, 0.4) is 0 Å². The fourth-order valence-electron chi connectivity index (χ4n) is 4.72. The van der Waals surface area contributed by atoms with Crippen LogP contribution in [0.1, 0.15) is 39.5 Å². The average molecular weight is 493 g/mol. The number of unbranched alkanes of at least 4 members (excludes halogenated alkanes) is 1. The normalized spacial score (nSPS) is 12.2. The van der Waals surface area contributed by atoms with Crippen molar-refractivity contribution in [2.75, 3.05) is 6.61 Å². The first kappa shape index (κ1) is 24.6. The van der Waals surface area contributed by atoms with Crippen LogP contribution < -0.4 is 4.74 Å². The number of rotatable bonds is 9. The number of phenolic OH excluding ortho intramolecular Hbond substituents is 2. The summed E-state index contributed by atoms with van der Waals surface area (Å²) in [6.07, 6.45) is 4.46. The van der Waals surface area contributed by atoms with Crippen LogP contribution in [0, 0.1) is 5.92 Å². The minimum absolute atomic E-state index is 0.0811. The summed E-state index contributed by atoms with van der Waals surface area (Å²) in [7, 11) is 0. The molecule has 0 saturated carbocycles. The Hall–Kier alpha value is -4.12. The summed E-state index contributed by atoms with van der Waals surface area (Å²) in [5.74, 6) is 0.929. The molecule has 0 fully saturated rings. The fourth-order valence-corrected chi connectivity index (χ4v) is 4.72. The Labute approximate surface area is 217 Å².